The molecule has 50 valence electrons. The smallest absolute Gasteiger partial charge is 0.120 e. The molecule has 0 aliphatic carbocycles. The van der Waals surface area contributed by atoms with Crippen LogP contribution in [0.3, 0.4) is 0 Å². The van der Waals surface area contributed by atoms with Crippen LogP contribution in [0.1, 0.15) is 0 Å². The lowest BCUT2D eigenvalue weighted by Crippen LogP contribution is -2.15. The van der Waals surface area contributed by atoms with E-state index in [1.54, 1.807) is 0 Å². The summed E-state index contributed by atoms with van der Waals surface area (Å²) in [5, 5.41) is 0. The van der Waals surface area contributed by atoms with Crippen molar-refractivity contribution in [3.05, 3.63) is 0 Å². The molecule has 0 aliphatic rings. The number of alkyl halides is 1. The molecule has 5 heteroatoms. The Morgan fingerprint density at radius 3 is 2.50 bits per heavy atom. The summed E-state index contributed by atoms with van der Waals surface area (Å²) in [6.45, 7) is 0.924. The quantitative estimate of drug-likeness (QED) is 0.283. The van der Waals surface area contributed by atoms with Crippen molar-refractivity contribution in [1.29, 1.82) is 0 Å². The molecule has 0 rings (SSSR count). The highest BCUT2D eigenvalue weighted by atomic mass is 35.5. The van der Waals surface area contributed by atoms with Gasteiger partial charge in [-0.05, 0) is 25.6 Å². The van der Waals surface area contributed by atoms with Crippen LogP contribution in [0.2, 0.25) is 6.04 Å². The predicted octanol–water partition coefficient (Wildman–Crippen LogP) is -1.85. The molecule has 0 spiro atoms. The van der Waals surface area contributed by atoms with Crippen LogP contribution in [-0.2, 0) is 4.74 Å². The standard InChI is InChI=1S/C3H13ClOSi3/c4-3-5-1-2-8(6)7/h8H,1-3H2,6-7H3. The van der Waals surface area contributed by atoms with E-state index in [4.69, 9.17) is 16.3 Å². The summed E-state index contributed by atoms with van der Waals surface area (Å²) >= 11 is 5.30. The Morgan fingerprint density at radius 2 is 2.12 bits per heavy atom. The van der Waals surface area contributed by atoms with Crippen LogP contribution in [0.25, 0.3) is 0 Å². The van der Waals surface area contributed by atoms with Crippen LogP contribution >= 0.6 is 11.6 Å². The molecule has 0 aromatic carbocycles. The van der Waals surface area contributed by atoms with E-state index in [-0.39, 0.29) is 7.83 Å². The molecule has 0 saturated carbocycles. The number of ether oxygens (including phenoxy) is 1. The monoisotopic (exact) mass is 184 g/mol. The Kier molecular flexibility index (Phi) is 6.71. The fourth-order valence-electron chi connectivity index (χ4n) is 0.374. The zero-order chi connectivity index (χ0) is 6.41. The van der Waals surface area contributed by atoms with Gasteiger partial charge in [-0.3, -0.25) is 0 Å². The first-order valence-electron chi connectivity index (χ1n) is 2.91. The lowest BCUT2D eigenvalue weighted by molar-refractivity contribution is 0.195. The molecule has 0 radical (unpaired) electrons. The van der Waals surface area contributed by atoms with Crippen molar-refractivity contribution in [3.8, 4) is 0 Å². The van der Waals surface area contributed by atoms with E-state index < -0.39 is 0 Å². The first-order chi connectivity index (χ1) is 3.77. The lowest BCUT2D eigenvalue weighted by Gasteiger charge is -2.00. The van der Waals surface area contributed by atoms with Gasteiger partial charge in [-0.2, -0.15) is 0 Å². The fourth-order valence-corrected chi connectivity index (χ4v) is 2.53. The van der Waals surface area contributed by atoms with Gasteiger partial charge in [0, 0.05) is 14.4 Å². The largest absolute Gasteiger partial charge is 0.366 e. The van der Waals surface area contributed by atoms with Crippen LogP contribution in [0.4, 0.5) is 0 Å². The molecule has 0 bridgehead atoms. The first-order valence-corrected chi connectivity index (χ1v) is 13.5. The lowest BCUT2D eigenvalue weighted by atomic mass is 10.9. The number of hydrogen-bond acceptors (Lipinski definition) is 1. The Labute approximate surface area is 62.8 Å². The minimum atomic E-state index is -0.108. The molecule has 0 amide bonds. The summed E-state index contributed by atoms with van der Waals surface area (Å²) in [4.78, 5) is 0. The minimum Gasteiger partial charge on any atom is -0.366 e. The van der Waals surface area contributed by atoms with E-state index >= 15 is 0 Å². The minimum absolute atomic E-state index is 0.108. The molecule has 0 saturated heterocycles. The molecule has 1 nitrogen and oxygen atoms in total. The highest BCUT2D eigenvalue weighted by Gasteiger charge is 1.92. The van der Waals surface area contributed by atoms with Crippen molar-refractivity contribution < 1.29 is 4.74 Å². The highest BCUT2D eigenvalue weighted by Crippen LogP contribution is 1.85. The third kappa shape index (κ3) is 6.90. The molecule has 0 fully saturated rings. The summed E-state index contributed by atoms with van der Waals surface area (Å²) < 4.78 is 4.99. The van der Waals surface area contributed by atoms with Gasteiger partial charge < -0.3 is 4.74 Å². The zero-order valence-corrected chi connectivity index (χ0v) is 11.4. The van der Waals surface area contributed by atoms with Gasteiger partial charge in [0.25, 0.3) is 0 Å². The van der Waals surface area contributed by atoms with Crippen molar-refractivity contribution in [2.75, 3.05) is 12.7 Å². The van der Waals surface area contributed by atoms with Crippen molar-refractivity contribution in [3.63, 3.8) is 0 Å². The molecule has 0 N–H and O–H groups in total. The Morgan fingerprint density at radius 1 is 1.50 bits per heavy atom. The Balaban J connectivity index is 2.72. The Bertz CT molecular complexity index is 51.8. The molecule has 0 unspecified atom stereocenters. The van der Waals surface area contributed by atoms with Gasteiger partial charge in [0.2, 0.25) is 0 Å². The predicted molar refractivity (Wildman–Crippen MR) is 48.5 cm³/mol. The van der Waals surface area contributed by atoms with Crippen molar-refractivity contribution >= 4 is 39.0 Å². The number of rotatable bonds is 4. The van der Waals surface area contributed by atoms with E-state index in [2.05, 4.69) is 0 Å². The van der Waals surface area contributed by atoms with Crippen LogP contribution in [-0.4, -0.2) is 40.0 Å². The molecule has 0 atom stereocenters. The molecular weight excluding hydrogens is 172 g/mol. The normalized spacial score (nSPS) is 14.6. The third-order valence-electron chi connectivity index (χ3n) is 0.917. The summed E-state index contributed by atoms with van der Waals surface area (Å²) in [6.07, 6.45) is 0. The van der Waals surface area contributed by atoms with Gasteiger partial charge >= 0.3 is 0 Å². The van der Waals surface area contributed by atoms with Crippen LogP contribution < -0.4 is 0 Å². The molecule has 0 aliphatic heterocycles. The van der Waals surface area contributed by atoms with Gasteiger partial charge in [0.15, 0.2) is 0 Å². The van der Waals surface area contributed by atoms with Crippen molar-refractivity contribution in [1.82, 2.24) is 0 Å². The first kappa shape index (κ1) is 8.90. The molecule has 0 aromatic rings. The molecule has 0 heterocycles. The summed E-state index contributed by atoms with van der Waals surface area (Å²) in [7, 11) is 2.82. The zero-order valence-electron chi connectivity index (χ0n) is 5.48. The second-order valence-electron chi connectivity index (χ2n) is 2.20. The molecule has 0 aromatic heterocycles. The van der Waals surface area contributed by atoms with Crippen LogP contribution in [0.5, 0.6) is 0 Å². The SMILES string of the molecule is [SiH3][SiH]([SiH3])CCOCCl. The number of halogens is 1. The summed E-state index contributed by atoms with van der Waals surface area (Å²) in [6, 6.07) is 1.75. The van der Waals surface area contributed by atoms with Gasteiger partial charge in [-0.1, -0.05) is 11.6 Å². The highest BCUT2D eigenvalue weighted by molar-refractivity contribution is 7.29. The molecule has 8 heavy (non-hydrogen) atoms. The fraction of sp³-hybridized carbons (Fsp3) is 1.00. The molecular formula is C3H13ClOSi3. The van der Waals surface area contributed by atoms with Gasteiger partial charge in [-0.15, -0.1) is 0 Å². The maximum atomic E-state index is 5.30. The third-order valence-corrected chi connectivity index (χ3v) is 5.93. The van der Waals surface area contributed by atoms with Gasteiger partial charge in [0.1, 0.15) is 6.07 Å². The van der Waals surface area contributed by atoms with Crippen molar-refractivity contribution in [2.24, 2.45) is 0 Å². The van der Waals surface area contributed by atoms with E-state index in [1.165, 1.54) is 25.6 Å². The maximum absolute atomic E-state index is 5.30. The van der Waals surface area contributed by atoms with Crippen molar-refractivity contribution in [2.45, 2.75) is 6.04 Å². The van der Waals surface area contributed by atoms with Gasteiger partial charge in [0.05, 0.1) is 0 Å². The topological polar surface area (TPSA) is 9.23 Å². The van der Waals surface area contributed by atoms with E-state index in [0.29, 0.717) is 6.07 Å². The average Bonchev–Trinajstić information content (AvgIpc) is 1.66. The average molecular weight is 185 g/mol. The Hall–Kier alpha value is 0.901. The van der Waals surface area contributed by atoms with E-state index in [1.807, 2.05) is 0 Å². The van der Waals surface area contributed by atoms with E-state index in [9.17, 15) is 0 Å². The van der Waals surface area contributed by atoms with Crippen LogP contribution in [0, 0.1) is 0 Å². The maximum Gasteiger partial charge on any atom is 0.120 e. The van der Waals surface area contributed by atoms with Crippen LogP contribution in [0.15, 0.2) is 0 Å². The number of hydrogen-bond donors (Lipinski definition) is 0. The summed E-state index contributed by atoms with van der Waals surface area (Å²) in [5.74, 6) is 0. The van der Waals surface area contributed by atoms with E-state index in [0.717, 1.165) is 6.61 Å². The second kappa shape index (κ2) is 6.03. The second-order valence-corrected chi connectivity index (χ2v) is 24.5. The summed E-state index contributed by atoms with van der Waals surface area (Å²) in [5.41, 5.74) is 0. The van der Waals surface area contributed by atoms with Gasteiger partial charge in [-0.25, -0.2) is 0 Å².